The molecule has 3 N–H and O–H groups in total. The predicted octanol–water partition coefficient (Wildman–Crippen LogP) is 5.16. The lowest BCUT2D eigenvalue weighted by molar-refractivity contribution is 0.629. The quantitative estimate of drug-likeness (QED) is 0.593. The zero-order chi connectivity index (χ0) is 14.9. The molecule has 0 aliphatic rings. The van der Waals surface area contributed by atoms with E-state index in [-0.39, 0.29) is 15.0 Å². The Kier molecular flexibility index (Phi) is 4.70. The van der Waals surface area contributed by atoms with E-state index >= 15 is 0 Å². The van der Waals surface area contributed by atoms with Gasteiger partial charge in [-0.1, -0.05) is 47.0 Å². The molecule has 0 saturated heterocycles. The van der Waals surface area contributed by atoms with Gasteiger partial charge in [0.15, 0.2) is 5.82 Å². The van der Waals surface area contributed by atoms with E-state index < -0.39 is 5.82 Å². The topological polar surface area (TPSA) is 38.0 Å². The second kappa shape index (κ2) is 6.14. The third-order valence-corrected chi connectivity index (χ3v) is 3.61. The largest absolute Gasteiger partial charge is 0.389 e. The molecule has 0 unspecified atom stereocenters. The fourth-order valence-electron chi connectivity index (χ4n) is 1.55. The van der Waals surface area contributed by atoms with Crippen LogP contribution in [0.2, 0.25) is 15.1 Å². The molecule has 0 saturated carbocycles. The molecule has 0 aromatic heterocycles. The van der Waals surface area contributed by atoms with Crippen molar-refractivity contribution in [2.75, 3.05) is 5.32 Å². The Morgan fingerprint density at radius 2 is 1.65 bits per heavy atom. The van der Waals surface area contributed by atoms with Crippen LogP contribution in [0.5, 0.6) is 0 Å². The molecule has 0 aliphatic carbocycles. The lowest BCUT2D eigenvalue weighted by atomic mass is 10.2. The Balaban J connectivity index is 2.33. The van der Waals surface area contributed by atoms with Crippen LogP contribution in [0.1, 0.15) is 5.56 Å². The Morgan fingerprint density at radius 1 is 1.05 bits per heavy atom. The van der Waals surface area contributed by atoms with Gasteiger partial charge in [-0.25, -0.2) is 4.39 Å². The van der Waals surface area contributed by atoms with E-state index in [4.69, 9.17) is 52.8 Å². The van der Waals surface area contributed by atoms with Gasteiger partial charge in [-0.2, -0.15) is 0 Å². The summed E-state index contributed by atoms with van der Waals surface area (Å²) in [6.07, 6.45) is 0. The summed E-state index contributed by atoms with van der Waals surface area (Å²) in [7, 11) is 0. The molecule has 0 heterocycles. The fraction of sp³-hybridized carbons (Fsp3) is 0. The Hall–Kier alpha value is -1.07. The fourth-order valence-corrected chi connectivity index (χ4v) is 2.39. The standard InChI is InChI=1S/C13H8Cl3FN2S/c14-8-3-6(13(18)20)1-2-11(8)19-7-4-9(15)12(17)10(16)5-7/h1-5,19H,(H2,18,20). The maximum Gasteiger partial charge on any atom is 0.160 e. The van der Waals surface area contributed by atoms with Crippen LogP contribution in [-0.2, 0) is 0 Å². The van der Waals surface area contributed by atoms with E-state index in [2.05, 4.69) is 5.32 Å². The van der Waals surface area contributed by atoms with E-state index in [0.29, 0.717) is 22.0 Å². The van der Waals surface area contributed by atoms with E-state index in [1.165, 1.54) is 12.1 Å². The SMILES string of the molecule is NC(=S)c1ccc(Nc2cc(Cl)c(F)c(Cl)c2)c(Cl)c1. The lowest BCUT2D eigenvalue weighted by Gasteiger charge is -2.11. The normalized spacial score (nSPS) is 10.4. The van der Waals surface area contributed by atoms with Crippen molar-refractivity contribution < 1.29 is 4.39 Å². The van der Waals surface area contributed by atoms with Crippen LogP contribution in [0.3, 0.4) is 0 Å². The minimum absolute atomic E-state index is 0.0733. The predicted molar refractivity (Wildman–Crippen MR) is 87.0 cm³/mol. The minimum atomic E-state index is -0.659. The maximum atomic E-state index is 13.3. The van der Waals surface area contributed by atoms with Gasteiger partial charge < -0.3 is 11.1 Å². The molecule has 2 rings (SSSR count). The Bertz CT molecular complexity index is 668. The second-order valence-electron chi connectivity index (χ2n) is 3.94. The number of nitrogens with one attached hydrogen (secondary N) is 1. The summed E-state index contributed by atoms with van der Waals surface area (Å²) in [5.74, 6) is -0.659. The minimum Gasteiger partial charge on any atom is -0.389 e. The van der Waals surface area contributed by atoms with Gasteiger partial charge in [0.1, 0.15) is 4.99 Å². The van der Waals surface area contributed by atoms with Crippen molar-refractivity contribution in [2.24, 2.45) is 5.73 Å². The molecular weight excluding hydrogens is 342 g/mol. The molecule has 0 fully saturated rings. The molecule has 2 aromatic carbocycles. The highest BCUT2D eigenvalue weighted by molar-refractivity contribution is 7.80. The zero-order valence-corrected chi connectivity index (χ0v) is 13.0. The van der Waals surface area contributed by atoms with Crippen LogP contribution in [0.4, 0.5) is 15.8 Å². The first-order valence-electron chi connectivity index (χ1n) is 5.39. The highest BCUT2D eigenvalue weighted by atomic mass is 35.5. The summed E-state index contributed by atoms with van der Waals surface area (Å²) in [5, 5.41) is 3.27. The molecule has 0 aliphatic heterocycles. The average Bonchev–Trinajstić information content (AvgIpc) is 2.38. The van der Waals surface area contributed by atoms with Crippen molar-refractivity contribution in [3.8, 4) is 0 Å². The number of hydrogen-bond donors (Lipinski definition) is 2. The van der Waals surface area contributed by atoms with Gasteiger partial charge in [0, 0.05) is 11.3 Å². The number of benzene rings is 2. The summed E-state index contributed by atoms with van der Waals surface area (Å²) < 4.78 is 13.3. The van der Waals surface area contributed by atoms with Crippen molar-refractivity contribution >= 4 is 63.4 Å². The summed E-state index contributed by atoms with van der Waals surface area (Å²) in [6, 6.07) is 7.91. The number of anilines is 2. The van der Waals surface area contributed by atoms with E-state index in [1.54, 1.807) is 18.2 Å². The number of hydrogen-bond acceptors (Lipinski definition) is 2. The van der Waals surface area contributed by atoms with Gasteiger partial charge in [-0.05, 0) is 30.3 Å². The summed E-state index contributed by atoms with van der Waals surface area (Å²) in [6.45, 7) is 0. The van der Waals surface area contributed by atoms with E-state index in [0.717, 1.165) is 0 Å². The molecule has 20 heavy (non-hydrogen) atoms. The maximum absolute atomic E-state index is 13.3. The van der Waals surface area contributed by atoms with Crippen LogP contribution in [0.15, 0.2) is 30.3 Å². The smallest absolute Gasteiger partial charge is 0.160 e. The number of thiocarbonyl (C=S) groups is 1. The van der Waals surface area contributed by atoms with Gasteiger partial charge in [0.2, 0.25) is 0 Å². The first kappa shape index (κ1) is 15.3. The van der Waals surface area contributed by atoms with Crippen molar-refractivity contribution in [1.82, 2.24) is 0 Å². The van der Waals surface area contributed by atoms with Crippen LogP contribution >= 0.6 is 47.0 Å². The van der Waals surface area contributed by atoms with Gasteiger partial charge in [-0.3, -0.25) is 0 Å². The number of nitrogens with two attached hydrogens (primary N) is 1. The monoisotopic (exact) mass is 348 g/mol. The van der Waals surface area contributed by atoms with Crippen LogP contribution in [-0.4, -0.2) is 4.99 Å². The first-order chi connectivity index (χ1) is 9.38. The molecule has 0 atom stereocenters. The summed E-state index contributed by atoms with van der Waals surface area (Å²) in [5.41, 5.74) is 7.30. The summed E-state index contributed by atoms with van der Waals surface area (Å²) >= 11 is 22.4. The molecule has 0 radical (unpaired) electrons. The molecular formula is C13H8Cl3FN2S. The van der Waals surface area contributed by atoms with E-state index in [9.17, 15) is 4.39 Å². The van der Waals surface area contributed by atoms with Crippen molar-refractivity contribution in [3.63, 3.8) is 0 Å². The summed E-state index contributed by atoms with van der Waals surface area (Å²) in [4.78, 5) is 0.256. The van der Waals surface area contributed by atoms with Gasteiger partial charge in [0.05, 0.1) is 20.8 Å². The highest BCUT2D eigenvalue weighted by Crippen LogP contribution is 2.31. The van der Waals surface area contributed by atoms with Crippen LogP contribution < -0.4 is 11.1 Å². The number of rotatable bonds is 3. The second-order valence-corrected chi connectivity index (χ2v) is 5.60. The van der Waals surface area contributed by atoms with Gasteiger partial charge in [0.25, 0.3) is 0 Å². The van der Waals surface area contributed by atoms with Crippen LogP contribution in [0, 0.1) is 5.82 Å². The van der Waals surface area contributed by atoms with Gasteiger partial charge in [-0.15, -0.1) is 0 Å². The van der Waals surface area contributed by atoms with Crippen LogP contribution in [0.25, 0.3) is 0 Å². The molecule has 104 valence electrons. The third-order valence-electron chi connectivity index (χ3n) is 2.52. The third kappa shape index (κ3) is 3.33. The lowest BCUT2D eigenvalue weighted by Crippen LogP contribution is -2.09. The van der Waals surface area contributed by atoms with Crippen molar-refractivity contribution in [3.05, 3.63) is 56.8 Å². The van der Waals surface area contributed by atoms with Crippen molar-refractivity contribution in [1.29, 1.82) is 0 Å². The molecule has 2 nitrogen and oxygen atoms in total. The first-order valence-corrected chi connectivity index (χ1v) is 6.93. The zero-order valence-electron chi connectivity index (χ0n) is 9.88. The van der Waals surface area contributed by atoms with E-state index in [1.807, 2.05) is 0 Å². The molecule has 2 aromatic rings. The molecule has 0 amide bonds. The highest BCUT2D eigenvalue weighted by Gasteiger charge is 2.09. The number of halogens is 4. The molecule has 7 heteroatoms. The van der Waals surface area contributed by atoms with Gasteiger partial charge >= 0.3 is 0 Å². The van der Waals surface area contributed by atoms with Crippen molar-refractivity contribution in [2.45, 2.75) is 0 Å². The molecule has 0 spiro atoms. The molecule has 0 bridgehead atoms. The Labute approximate surface area is 135 Å². The Morgan fingerprint density at radius 3 is 2.15 bits per heavy atom. The average molecular weight is 350 g/mol.